The molecule has 2 aliphatic heterocycles. The van der Waals surface area contributed by atoms with Crippen molar-refractivity contribution >= 4 is 23.2 Å². The van der Waals surface area contributed by atoms with Crippen molar-refractivity contribution in [3.05, 3.63) is 98.4 Å². The number of aromatic nitrogens is 4. The zero-order valence-electron chi connectivity index (χ0n) is 21.4. The van der Waals surface area contributed by atoms with Crippen molar-refractivity contribution in [2.24, 2.45) is 0 Å². The highest BCUT2D eigenvalue weighted by molar-refractivity contribution is 6.31. The number of carbonyl (C=O) groups is 1. The topological polar surface area (TPSA) is 102 Å². The number of pyridine rings is 2. The molecule has 2 aliphatic rings. The fourth-order valence-corrected chi connectivity index (χ4v) is 4.68. The third-order valence-corrected chi connectivity index (χ3v) is 7.05. The Labute approximate surface area is 227 Å². The molecule has 5 heterocycles. The number of carbonyl (C=O) groups excluding carboxylic acids is 1. The summed E-state index contributed by atoms with van der Waals surface area (Å²) in [6, 6.07) is 3.74. The fraction of sp³-hybridized carbons (Fsp3) is 0.296. The van der Waals surface area contributed by atoms with E-state index in [0.29, 0.717) is 42.1 Å². The summed E-state index contributed by atoms with van der Waals surface area (Å²) in [6.07, 6.45) is 6.26. The van der Waals surface area contributed by atoms with Crippen LogP contribution in [0.2, 0.25) is 5.02 Å². The second-order valence-corrected chi connectivity index (χ2v) is 9.84. The van der Waals surface area contributed by atoms with Crippen LogP contribution in [0.25, 0.3) is 5.70 Å². The monoisotopic (exact) mass is 554 g/mol. The lowest BCUT2D eigenvalue weighted by molar-refractivity contribution is -0.133. The van der Waals surface area contributed by atoms with Gasteiger partial charge in [0.1, 0.15) is 34.7 Å². The van der Waals surface area contributed by atoms with Gasteiger partial charge in [0, 0.05) is 50.2 Å². The van der Waals surface area contributed by atoms with Crippen molar-refractivity contribution in [1.82, 2.24) is 29.7 Å². The van der Waals surface area contributed by atoms with Gasteiger partial charge in [-0.05, 0) is 31.6 Å². The molecule has 0 saturated carbocycles. The highest BCUT2D eigenvalue weighted by Crippen LogP contribution is 2.31. The molecule has 0 aliphatic carbocycles. The van der Waals surface area contributed by atoms with Gasteiger partial charge in [0.25, 0.3) is 5.56 Å². The lowest BCUT2D eigenvalue weighted by Crippen LogP contribution is -2.48. The summed E-state index contributed by atoms with van der Waals surface area (Å²) >= 11 is 6.39. The van der Waals surface area contributed by atoms with Crippen LogP contribution >= 0.6 is 11.6 Å². The first-order valence-electron chi connectivity index (χ1n) is 12.2. The first-order chi connectivity index (χ1) is 18.6. The number of nitrogens with zero attached hydrogens (tertiary/aromatic N) is 5. The molecule has 1 amide bonds. The second-order valence-electron chi connectivity index (χ2n) is 9.46. The van der Waals surface area contributed by atoms with Gasteiger partial charge in [-0.2, -0.15) is 0 Å². The van der Waals surface area contributed by atoms with Crippen molar-refractivity contribution in [3.63, 3.8) is 0 Å². The summed E-state index contributed by atoms with van der Waals surface area (Å²) in [5.41, 5.74) is 2.04. The van der Waals surface area contributed by atoms with Gasteiger partial charge in [0.2, 0.25) is 5.91 Å². The van der Waals surface area contributed by atoms with E-state index < -0.39 is 17.2 Å². The lowest BCUT2D eigenvalue weighted by Gasteiger charge is -2.37. The van der Waals surface area contributed by atoms with Crippen molar-refractivity contribution < 1.29 is 18.3 Å². The van der Waals surface area contributed by atoms with Gasteiger partial charge < -0.3 is 15.0 Å². The van der Waals surface area contributed by atoms with E-state index >= 15 is 0 Å². The predicted molar refractivity (Wildman–Crippen MR) is 140 cm³/mol. The molecule has 1 saturated heterocycles. The molecule has 0 aromatic carbocycles. The average Bonchev–Trinajstić information content (AvgIpc) is 2.86. The molecule has 9 nitrogen and oxygen atoms in total. The number of nitrogens with one attached hydrogen (secondary N) is 1. The summed E-state index contributed by atoms with van der Waals surface area (Å²) < 4.78 is 34.2. The molecular formula is C27H25ClF2N6O3. The molecule has 1 N–H and O–H groups in total. The van der Waals surface area contributed by atoms with E-state index in [1.54, 1.807) is 36.4 Å². The van der Waals surface area contributed by atoms with Crippen LogP contribution in [-0.4, -0.2) is 43.4 Å². The molecule has 5 rings (SSSR count). The quantitative estimate of drug-likeness (QED) is 0.493. The highest BCUT2D eigenvalue weighted by atomic mass is 35.5. The van der Waals surface area contributed by atoms with Crippen molar-refractivity contribution in [1.29, 1.82) is 0 Å². The Hall–Kier alpha value is -4.12. The molecule has 3 aromatic heterocycles. The standard InChI is InChI=1S/C27H25ClF2N6O3/c1-14-9-32-21(20-4-5-31-26(34-20)17-11-35(12-17)16(3)37)8-23(14)36-15(2)6-24(25(28)27(36)38)39-13-22-19(30)7-18(29)10-33-22/h4-10,17,21,32H,11-13H2,1-3H3. The van der Waals surface area contributed by atoms with Crippen LogP contribution in [0.15, 0.2) is 53.2 Å². The van der Waals surface area contributed by atoms with Crippen molar-refractivity contribution in [2.45, 2.75) is 39.3 Å². The third-order valence-electron chi connectivity index (χ3n) is 6.70. The van der Waals surface area contributed by atoms with E-state index in [1.165, 1.54) is 11.5 Å². The molecule has 1 unspecified atom stereocenters. The maximum Gasteiger partial charge on any atom is 0.277 e. The summed E-state index contributed by atoms with van der Waals surface area (Å²) in [4.78, 5) is 39.4. The first kappa shape index (κ1) is 26.5. The van der Waals surface area contributed by atoms with Gasteiger partial charge in [-0.1, -0.05) is 11.6 Å². The zero-order chi connectivity index (χ0) is 27.8. The number of ether oxygens (including phenoxy) is 1. The van der Waals surface area contributed by atoms with E-state index in [9.17, 15) is 18.4 Å². The number of likely N-dealkylation sites (tertiary alicyclic amines) is 1. The SMILES string of the molecule is CC(=O)N1CC(c2nccc(C3C=C(n4c(C)cc(OCc5ncc(F)cc5F)c(Cl)c4=O)C(C)=CN3)n2)C1. The molecular weight excluding hydrogens is 530 g/mol. The average molecular weight is 555 g/mol. The minimum absolute atomic E-state index is 0.0275. The number of hydrogen-bond donors (Lipinski definition) is 1. The Morgan fingerprint density at radius 1 is 1.23 bits per heavy atom. The summed E-state index contributed by atoms with van der Waals surface area (Å²) in [5.74, 6) is -0.824. The first-order valence-corrected chi connectivity index (χ1v) is 12.6. The van der Waals surface area contributed by atoms with Gasteiger partial charge in [0.15, 0.2) is 5.82 Å². The molecule has 39 heavy (non-hydrogen) atoms. The number of halogens is 3. The maximum atomic E-state index is 14.0. The highest BCUT2D eigenvalue weighted by Gasteiger charge is 2.32. The predicted octanol–water partition coefficient (Wildman–Crippen LogP) is 3.89. The number of aryl methyl sites for hydroxylation is 1. The minimum atomic E-state index is -0.857. The normalized spacial score (nSPS) is 17.2. The molecule has 202 valence electrons. The Balaban J connectivity index is 1.41. The number of rotatable bonds is 6. The van der Waals surface area contributed by atoms with E-state index in [1.807, 2.05) is 13.0 Å². The molecule has 3 aromatic rings. The fourth-order valence-electron chi connectivity index (χ4n) is 4.49. The van der Waals surface area contributed by atoms with Crippen LogP contribution in [0.4, 0.5) is 8.78 Å². The van der Waals surface area contributed by atoms with E-state index in [0.717, 1.165) is 11.8 Å². The Morgan fingerprint density at radius 2 is 2.00 bits per heavy atom. The summed E-state index contributed by atoms with van der Waals surface area (Å²) in [6.45, 7) is 5.97. The van der Waals surface area contributed by atoms with Crippen LogP contribution in [0, 0.1) is 18.6 Å². The van der Waals surface area contributed by atoms with Crippen molar-refractivity contribution in [2.75, 3.05) is 13.1 Å². The lowest BCUT2D eigenvalue weighted by atomic mass is 9.98. The van der Waals surface area contributed by atoms with Crippen LogP contribution in [0.5, 0.6) is 5.75 Å². The number of dihydropyridines is 1. The molecule has 12 heteroatoms. The van der Waals surface area contributed by atoms with E-state index in [-0.39, 0.29) is 40.9 Å². The molecule has 0 bridgehead atoms. The van der Waals surface area contributed by atoms with E-state index in [2.05, 4.69) is 15.3 Å². The van der Waals surface area contributed by atoms with Crippen LogP contribution < -0.4 is 15.6 Å². The van der Waals surface area contributed by atoms with Gasteiger partial charge in [-0.3, -0.25) is 19.1 Å². The second kappa shape index (κ2) is 10.6. The number of amides is 1. The number of allylic oxidation sites excluding steroid dienone is 2. The van der Waals surface area contributed by atoms with Crippen LogP contribution in [0.1, 0.15) is 48.7 Å². The van der Waals surface area contributed by atoms with Crippen molar-refractivity contribution in [3.8, 4) is 5.75 Å². The van der Waals surface area contributed by atoms with Gasteiger partial charge in [0.05, 0.1) is 29.5 Å². The largest absolute Gasteiger partial charge is 0.485 e. The van der Waals surface area contributed by atoms with Crippen LogP contribution in [0.3, 0.4) is 0 Å². The Kier molecular flexibility index (Phi) is 7.17. The van der Waals surface area contributed by atoms with Crippen LogP contribution in [-0.2, 0) is 11.4 Å². The summed E-state index contributed by atoms with van der Waals surface area (Å²) in [5, 5.41) is 3.11. The van der Waals surface area contributed by atoms with Gasteiger partial charge in [-0.25, -0.2) is 18.7 Å². The van der Waals surface area contributed by atoms with E-state index in [4.69, 9.17) is 21.3 Å². The Bertz CT molecular complexity index is 1580. The number of hydrogen-bond acceptors (Lipinski definition) is 7. The zero-order valence-corrected chi connectivity index (χ0v) is 22.2. The molecule has 0 spiro atoms. The minimum Gasteiger partial charge on any atom is -0.485 e. The van der Waals surface area contributed by atoms with Gasteiger partial charge in [-0.15, -0.1) is 0 Å². The molecule has 1 fully saturated rings. The van der Waals surface area contributed by atoms with Gasteiger partial charge >= 0.3 is 0 Å². The third kappa shape index (κ3) is 5.26. The molecule has 1 atom stereocenters. The smallest absolute Gasteiger partial charge is 0.277 e. The maximum absolute atomic E-state index is 14.0. The Morgan fingerprint density at radius 3 is 2.72 bits per heavy atom. The summed E-state index contributed by atoms with van der Waals surface area (Å²) in [7, 11) is 0. The molecule has 0 radical (unpaired) electrons.